The Labute approximate surface area is 85.3 Å². The van der Waals surface area contributed by atoms with Crippen molar-refractivity contribution in [2.45, 2.75) is 19.9 Å². The predicted octanol–water partition coefficient (Wildman–Crippen LogP) is 1.50. The molecule has 0 aliphatic carbocycles. The average Bonchev–Trinajstić information content (AvgIpc) is 2.51. The molecule has 1 unspecified atom stereocenters. The van der Waals surface area contributed by atoms with Gasteiger partial charge in [0.2, 0.25) is 5.95 Å². The Morgan fingerprint density at radius 1 is 1.57 bits per heavy atom. The van der Waals surface area contributed by atoms with Gasteiger partial charge in [-0.1, -0.05) is 13.8 Å². The molecule has 0 amide bonds. The number of ether oxygens (including phenoxy) is 1. The molecule has 14 heavy (non-hydrogen) atoms. The predicted molar refractivity (Wildman–Crippen MR) is 57.3 cm³/mol. The molecule has 4 heteroatoms. The van der Waals surface area contributed by atoms with E-state index in [1.54, 1.807) is 13.3 Å². The van der Waals surface area contributed by atoms with E-state index in [0.29, 0.717) is 18.6 Å². The topological polar surface area (TPSA) is 39.1 Å². The zero-order valence-corrected chi connectivity index (χ0v) is 9.32. The highest BCUT2D eigenvalue weighted by Crippen LogP contribution is 2.10. The van der Waals surface area contributed by atoms with Gasteiger partial charge in [-0.3, -0.25) is 0 Å². The minimum absolute atomic E-state index is 0.307. The number of aryl methyl sites for hydroxylation is 1. The zero-order chi connectivity index (χ0) is 10.6. The van der Waals surface area contributed by atoms with Crippen molar-refractivity contribution in [1.82, 2.24) is 9.55 Å². The average molecular weight is 197 g/mol. The van der Waals surface area contributed by atoms with Crippen molar-refractivity contribution in [3.8, 4) is 0 Å². The van der Waals surface area contributed by atoms with Crippen LogP contribution in [0, 0.1) is 5.92 Å². The van der Waals surface area contributed by atoms with Gasteiger partial charge in [0.15, 0.2) is 0 Å². The molecule has 0 aliphatic heterocycles. The summed E-state index contributed by atoms with van der Waals surface area (Å²) >= 11 is 0. The van der Waals surface area contributed by atoms with Crippen LogP contribution in [0.4, 0.5) is 5.95 Å². The summed E-state index contributed by atoms with van der Waals surface area (Å²) in [6, 6.07) is 0.307. The zero-order valence-electron chi connectivity index (χ0n) is 9.32. The number of nitrogens with zero attached hydrogens (tertiary/aromatic N) is 2. The smallest absolute Gasteiger partial charge is 0.202 e. The molecule has 0 saturated heterocycles. The van der Waals surface area contributed by atoms with Crippen molar-refractivity contribution >= 4 is 5.95 Å². The van der Waals surface area contributed by atoms with Crippen molar-refractivity contribution in [3.63, 3.8) is 0 Å². The quantitative estimate of drug-likeness (QED) is 0.777. The second-order valence-corrected chi connectivity index (χ2v) is 3.81. The Morgan fingerprint density at radius 2 is 2.29 bits per heavy atom. The molecule has 1 rings (SSSR count). The maximum atomic E-state index is 5.15. The van der Waals surface area contributed by atoms with Crippen LogP contribution in [-0.2, 0) is 11.8 Å². The maximum Gasteiger partial charge on any atom is 0.202 e. The first kappa shape index (κ1) is 11.0. The van der Waals surface area contributed by atoms with Gasteiger partial charge in [-0.25, -0.2) is 4.98 Å². The number of hydrogen-bond donors (Lipinski definition) is 1. The molecule has 0 fully saturated rings. The summed E-state index contributed by atoms with van der Waals surface area (Å²) < 4.78 is 7.12. The van der Waals surface area contributed by atoms with E-state index in [4.69, 9.17) is 4.74 Å². The highest BCUT2D eigenvalue weighted by molar-refractivity contribution is 5.27. The molecule has 80 valence electrons. The number of rotatable bonds is 5. The summed E-state index contributed by atoms with van der Waals surface area (Å²) in [6.07, 6.45) is 3.71. The van der Waals surface area contributed by atoms with Crippen molar-refractivity contribution in [2.24, 2.45) is 13.0 Å². The standard InChI is InChI=1S/C10H19N3O/c1-8(2)9(7-14-4)12-10-11-5-6-13(10)3/h5-6,8-9H,7H2,1-4H3,(H,11,12). The molecular formula is C10H19N3O. The number of imidazole rings is 1. The summed E-state index contributed by atoms with van der Waals surface area (Å²) in [5.74, 6) is 1.41. The van der Waals surface area contributed by atoms with Crippen LogP contribution in [0.3, 0.4) is 0 Å². The van der Waals surface area contributed by atoms with Gasteiger partial charge < -0.3 is 14.6 Å². The molecule has 1 aromatic heterocycles. The van der Waals surface area contributed by atoms with E-state index in [1.807, 2.05) is 17.8 Å². The third-order valence-electron chi connectivity index (χ3n) is 2.29. The highest BCUT2D eigenvalue weighted by Gasteiger charge is 2.14. The van der Waals surface area contributed by atoms with E-state index in [2.05, 4.69) is 24.1 Å². The highest BCUT2D eigenvalue weighted by atomic mass is 16.5. The van der Waals surface area contributed by atoms with E-state index in [9.17, 15) is 0 Å². The van der Waals surface area contributed by atoms with Crippen LogP contribution in [0.15, 0.2) is 12.4 Å². The van der Waals surface area contributed by atoms with Gasteiger partial charge in [0.1, 0.15) is 0 Å². The first-order chi connectivity index (χ1) is 6.65. The Bertz CT molecular complexity index is 270. The fourth-order valence-electron chi connectivity index (χ4n) is 1.25. The first-order valence-corrected chi connectivity index (χ1v) is 4.88. The Morgan fingerprint density at radius 3 is 2.71 bits per heavy atom. The summed E-state index contributed by atoms with van der Waals surface area (Å²) in [6.45, 7) is 5.03. The maximum absolute atomic E-state index is 5.15. The molecule has 1 atom stereocenters. The van der Waals surface area contributed by atoms with Crippen LogP contribution in [0.25, 0.3) is 0 Å². The Hall–Kier alpha value is -1.03. The van der Waals surface area contributed by atoms with Crippen LogP contribution in [0.2, 0.25) is 0 Å². The van der Waals surface area contributed by atoms with E-state index in [-0.39, 0.29) is 0 Å². The van der Waals surface area contributed by atoms with E-state index < -0.39 is 0 Å². The molecule has 0 aliphatic rings. The number of hydrogen-bond acceptors (Lipinski definition) is 3. The molecule has 0 spiro atoms. The fraction of sp³-hybridized carbons (Fsp3) is 0.700. The first-order valence-electron chi connectivity index (χ1n) is 4.88. The van der Waals surface area contributed by atoms with Crippen LogP contribution in [0.1, 0.15) is 13.8 Å². The van der Waals surface area contributed by atoms with Gasteiger partial charge in [-0.15, -0.1) is 0 Å². The Kier molecular flexibility index (Phi) is 3.95. The van der Waals surface area contributed by atoms with Gasteiger partial charge in [-0.2, -0.15) is 0 Å². The number of methoxy groups -OCH3 is 1. The second kappa shape index (κ2) is 5.00. The van der Waals surface area contributed by atoms with E-state index >= 15 is 0 Å². The molecule has 0 saturated carbocycles. The molecule has 1 heterocycles. The SMILES string of the molecule is COCC(Nc1nccn1C)C(C)C. The lowest BCUT2D eigenvalue weighted by atomic mass is 10.1. The van der Waals surface area contributed by atoms with Crippen molar-refractivity contribution < 1.29 is 4.74 Å². The second-order valence-electron chi connectivity index (χ2n) is 3.81. The molecular weight excluding hydrogens is 178 g/mol. The number of nitrogens with one attached hydrogen (secondary N) is 1. The largest absolute Gasteiger partial charge is 0.383 e. The third kappa shape index (κ3) is 2.73. The van der Waals surface area contributed by atoms with Crippen LogP contribution < -0.4 is 5.32 Å². The van der Waals surface area contributed by atoms with Crippen LogP contribution in [0.5, 0.6) is 0 Å². The van der Waals surface area contributed by atoms with Crippen molar-refractivity contribution in [1.29, 1.82) is 0 Å². The summed E-state index contributed by atoms with van der Waals surface area (Å²) in [7, 11) is 3.69. The lowest BCUT2D eigenvalue weighted by Crippen LogP contribution is -2.31. The van der Waals surface area contributed by atoms with Crippen LogP contribution in [-0.4, -0.2) is 29.3 Å². The fourth-order valence-corrected chi connectivity index (χ4v) is 1.25. The van der Waals surface area contributed by atoms with E-state index in [1.165, 1.54) is 0 Å². The number of anilines is 1. The van der Waals surface area contributed by atoms with Gasteiger partial charge in [0.25, 0.3) is 0 Å². The molecule has 4 nitrogen and oxygen atoms in total. The summed E-state index contributed by atoms with van der Waals surface area (Å²) in [5, 5.41) is 3.35. The molecule has 0 radical (unpaired) electrons. The molecule has 1 N–H and O–H groups in total. The van der Waals surface area contributed by atoms with Crippen LogP contribution >= 0.6 is 0 Å². The van der Waals surface area contributed by atoms with Gasteiger partial charge in [-0.05, 0) is 5.92 Å². The summed E-state index contributed by atoms with van der Waals surface area (Å²) in [5.41, 5.74) is 0. The Balaban J connectivity index is 2.60. The molecule has 0 aromatic carbocycles. The minimum Gasteiger partial charge on any atom is -0.383 e. The summed E-state index contributed by atoms with van der Waals surface area (Å²) in [4.78, 5) is 4.22. The van der Waals surface area contributed by atoms with Crippen molar-refractivity contribution in [3.05, 3.63) is 12.4 Å². The number of aromatic nitrogens is 2. The minimum atomic E-state index is 0.307. The van der Waals surface area contributed by atoms with Gasteiger partial charge >= 0.3 is 0 Å². The lowest BCUT2D eigenvalue weighted by Gasteiger charge is -2.21. The molecule has 1 aromatic rings. The van der Waals surface area contributed by atoms with Crippen molar-refractivity contribution in [2.75, 3.05) is 19.0 Å². The third-order valence-corrected chi connectivity index (χ3v) is 2.29. The molecule has 0 bridgehead atoms. The van der Waals surface area contributed by atoms with Gasteiger partial charge in [0.05, 0.1) is 12.6 Å². The van der Waals surface area contributed by atoms with Gasteiger partial charge in [0, 0.05) is 26.6 Å². The normalized spacial score (nSPS) is 13.2. The van der Waals surface area contributed by atoms with E-state index in [0.717, 1.165) is 5.95 Å². The monoisotopic (exact) mass is 197 g/mol. The lowest BCUT2D eigenvalue weighted by molar-refractivity contribution is 0.170.